The van der Waals surface area contributed by atoms with Gasteiger partial charge >= 0.3 is 12.4 Å². The van der Waals surface area contributed by atoms with Crippen molar-refractivity contribution in [3.63, 3.8) is 0 Å². The summed E-state index contributed by atoms with van der Waals surface area (Å²) in [6, 6.07) is 0. The van der Waals surface area contributed by atoms with Gasteiger partial charge in [-0.3, -0.25) is 4.90 Å². The lowest BCUT2D eigenvalue weighted by Crippen LogP contribution is -2.50. The van der Waals surface area contributed by atoms with Crippen molar-refractivity contribution < 1.29 is 26.3 Å². The normalized spacial score (nSPS) is 20.4. The first-order valence-corrected chi connectivity index (χ1v) is 4.78. The van der Waals surface area contributed by atoms with Crippen LogP contribution in [0.15, 0.2) is 0 Å². The minimum Gasteiger partial charge on any atom is -0.314 e. The molecule has 1 aliphatic heterocycles. The monoisotopic (exact) mass is 250 g/mol. The molecule has 96 valence electrons. The molecule has 8 heteroatoms. The molecule has 0 radical (unpaired) electrons. The van der Waals surface area contributed by atoms with Gasteiger partial charge in [0.2, 0.25) is 0 Å². The summed E-state index contributed by atoms with van der Waals surface area (Å²) in [4.78, 5) is 1.18. The lowest BCUT2D eigenvalue weighted by Gasteiger charge is -2.32. The van der Waals surface area contributed by atoms with Crippen LogP contribution < -0.4 is 5.32 Å². The number of nitrogens with zero attached hydrogens (tertiary/aromatic N) is 1. The van der Waals surface area contributed by atoms with Crippen molar-refractivity contribution in [2.45, 2.75) is 12.4 Å². The Labute approximate surface area is 88.6 Å². The van der Waals surface area contributed by atoms with Crippen LogP contribution in [0, 0.1) is 5.92 Å². The zero-order chi connectivity index (χ0) is 12.4. The van der Waals surface area contributed by atoms with E-state index in [1.54, 1.807) is 0 Å². The molecular weight excluding hydrogens is 238 g/mol. The SMILES string of the molecule is FC(F)(F)C(CN1CCNCC1)C(F)(F)F. The average molecular weight is 250 g/mol. The van der Waals surface area contributed by atoms with Crippen molar-refractivity contribution in [2.75, 3.05) is 32.7 Å². The molecular formula is C8H12F6N2. The Hall–Kier alpha value is -0.500. The van der Waals surface area contributed by atoms with Gasteiger partial charge < -0.3 is 5.32 Å². The Kier molecular flexibility index (Phi) is 4.06. The first-order valence-electron chi connectivity index (χ1n) is 4.78. The third kappa shape index (κ3) is 3.82. The highest BCUT2D eigenvalue weighted by molar-refractivity contribution is 4.80. The third-order valence-corrected chi connectivity index (χ3v) is 2.44. The van der Waals surface area contributed by atoms with Crippen molar-refractivity contribution in [3.8, 4) is 0 Å². The Morgan fingerprint density at radius 1 is 0.938 bits per heavy atom. The molecule has 0 spiro atoms. The van der Waals surface area contributed by atoms with Crippen molar-refractivity contribution in [3.05, 3.63) is 0 Å². The van der Waals surface area contributed by atoms with Crippen LogP contribution in [0.25, 0.3) is 0 Å². The van der Waals surface area contributed by atoms with Crippen LogP contribution >= 0.6 is 0 Å². The summed E-state index contributed by atoms with van der Waals surface area (Å²) in [6.07, 6.45) is -10.5. The molecule has 0 bridgehead atoms. The summed E-state index contributed by atoms with van der Waals surface area (Å²) in [6.45, 7) is 0.255. The lowest BCUT2D eigenvalue weighted by molar-refractivity contribution is -0.287. The first-order chi connectivity index (χ1) is 7.21. The molecule has 0 amide bonds. The molecule has 0 unspecified atom stereocenters. The maximum absolute atomic E-state index is 12.2. The Morgan fingerprint density at radius 3 is 1.75 bits per heavy atom. The second-order valence-electron chi connectivity index (χ2n) is 3.69. The third-order valence-electron chi connectivity index (χ3n) is 2.44. The zero-order valence-electron chi connectivity index (χ0n) is 8.33. The van der Waals surface area contributed by atoms with E-state index in [0.717, 1.165) is 0 Å². The zero-order valence-corrected chi connectivity index (χ0v) is 8.33. The fourth-order valence-corrected chi connectivity index (χ4v) is 1.54. The van der Waals surface area contributed by atoms with E-state index in [2.05, 4.69) is 5.32 Å². The molecule has 1 fully saturated rings. The smallest absolute Gasteiger partial charge is 0.314 e. The Balaban J connectivity index is 2.63. The van der Waals surface area contributed by atoms with Crippen LogP contribution in [0.2, 0.25) is 0 Å². The minimum absolute atomic E-state index is 0.211. The second-order valence-corrected chi connectivity index (χ2v) is 3.69. The molecule has 0 aromatic heterocycles. The van der Waals surface area contributed by atoms with E-state index in [1.807, 2.05) is 0 Å². The van der Waals surface area contributed by atoms with Crippen molar-refractivity contribution in [2.24, 2.45) is 5.92 Å². The molecule has 1 saturated heterocycles. The highest BCUT2D eigenvalue weighted by Crippen LogP contribution is 2.39. The number of halogens is 6. The fourth-order valence-electron chi connectivity index (χ4n) is 1.54. The van der Waals surface area contributed by atoms with Gasteiger partial charge in [-0.2, -0.15) is 26.3 Å². The van der Waals surface area contributed by atoms with Crippen LogP contribution in [-0.2, 0) is 0 Å². The first kappa shape index (κ1) is 13.6. The fraction of sp³-hybridized carbons (Fsp3) is 1.00. The molecule has 2 nitrogen and oxygen atoms in total. The highest BCUT2D eigenvalue weighted by atomic mass is 19.4. The van der Waals surface area contributed by atoms with Gasteiger partial charge in [-0.15, -0.1) is 0 Å². The van der Waals surface area contributed by atoms with Gasteiger partial charge in [0.25, 0.3) is 0 Å². The summed E-state index contributed by atoms with van der Waals surface area (Å²) in [5, 5.41) is 2.86. The topological polar surface area (TPSA) is 15.3 Å². The van der Waals surface area contributed by atoms with Gasteiger partial charge in [0.15, 0.2) is 5.92 Å². The quantitative estimate of drug-likeness (QED) is 0.749. The molecule has 1 aliphatic rings. The Morgan fingerprint density at radius 2 is 1.38 bits per heavy atom. The molecule has 0 aliphatic carbocycles. The van der Waals surface area contributed by atoms with Crippen molar-refractivity contribution >= 4 is 0 Å². The van der Waals surface area contributed by atoms with E-state index in [1.165, 1.54) is 4.90 Å². The van der Waals surface area contributed by atoms with Gasteiger partial charge in [0.05, 0.1) is 0 Å². The van der Waals surface area contributed by atoms with E-state index >= 15 is 0 Å². The van der Waals surface area contributed by atoms with E-state index in [9.17, 15) is 26.3 Å². The van der Waals surface area contributed by atoms with Gasteiger partial charge in [0.1, 0.15) is 0 Å². The van der Waals surface area contributed by atoms with Crippen molar-refractivity contribution in [1.29, 1.82) is 0 Å². The Bertz CT molecular complexity index is 204. The van der Waals surface area contributed by atoms with Gasteiger partial charge in [-0.05, 0) is 0 Å². The lowest BCUT2D eigenvalue weighted by atomic mass is 10.1. The molecule has 0 aromatic rings. The minimum atomic E-state index is -5.23. The van der Waals surface area contributed by atoms with E-state index in [0.29, 0.717) is 13.1 Å². The second kappa shape index (κ2) is 4.79. The predicted molar refractivity (Wildman–Crippen MR) is 44.9 cm³/mol. The summed E-state index contributed by atoms with van der Waals surface area (Å²) in [7, 11) is 0. The number of hydrogen-bond donors (Lipinski definition) is 1. The molecule has 1 heterocycles. The standard InChI is InChI=1S/C8H12F6N2/c9-7(10,11)6(8(12,13)14)5-16-3-1-15-2-4-16/h6,15H,1-5H2. The van der Waals surface area contributed by atoms with E-state index < -0.39 is 24.8 Å². The molecule has 0 aromatic carbocycles. The number of alkyl halides is 6. The molecule has 1 N–H and O–H groups in total. The number of nitrogens with one attached hydrogen (secondary N) is 1. The molecule has 1 rings (SSSR count). The van der Waals surface area contributed by atoms with Gasteiger partial charge in [-0.1, -0.05) is 0 Å². The van der Waals surface area contributed by atoms with Gasteiger partial charge in [0, 0.05) is 32.7 Å². The van der Waals surface area contributed by atoms with Crippen LogP contribution in [0.4, 0.5) is 26.3 Å². The maximum Gasteiger partial charge on any atom is 0.401 e. The predicted octanol–water partition coefficient (Wildman–Crippen LogP) is 1.63. The largest absolute Gasteiger partial charge is 0.401 e. The summed E-state index contributed by atoms with van der Waals surface area (Å²) >= 11 is 0. The van der Waals surface area contributed by atoms with Crippen LogP contribution in [0.3, 0.4) is 0 Å². The van der Waals surface area contributed by atoms with E-state index in [4.69, 9.17) is 0 Å². The molecule has 16 heavy (non-hydrogen) atoms. The average Bonchev–Trinajstić information content (AvgIpc) is 2.12. The van der Waals surface area contributed by atoms with Crippen LogP contribution in [-0.4, -0.2) is 50.0 Å². The number of piperazine rings is 1. The number of hydrogen-bond acceptors (Lipinski definition) is 2. The summed E-state index contributed by atoms with van der Waals surface area (Å²) in [5.74, 6) is -3.25. The number of rotatable bonds is 2. The molecule has 0 saturated carbocycles. The van der Waals surface area contributed by atoms with Crippen LogP contribution in [0.1, 0.15) is 0 Å². The maximum atomic E-state index is 12.2. The summed E-state index contributed by atoms with van der Waals surface area (Å²) in [5.41, 5.74) is 0. The molecule has 0 atom stereocenters. The van der Waals surface area contributed by atoms with Gasteiger partial charge in [-0.25, -0.2) is 0 Å². The highest BCUT2D eigenvalue weighted by Gasteiger charge is 2.56. The van der Waals surface area contributed by atoms with Crippen LogP contribution in [0.5, 0.6) is 0 Å². The summed E-state index contributed by atoms with van der Waals surface area (Å²) < 4.78 is 73.3. The van der Waals surface area contributed by atoms with E-state index in [-0.39, 0.29) is 13.1 Å². The van der Waals surface area contributed by atoms with Crippen molar-refractivity contribution in [1.82, 2.24) is 10.2 Å².